The predicted octanol–water partition coefficient (Wildman–Crippen LogP) is 3.38. The summed E-state index contributed by atoms with van der Waals surface area (Å²) in [6, 6.07) is 3.79. The SMILES string of the molecule is O=C(CCS)N1CCC(c2ncc(-c3ccc(F)c(F)c3)[nH]2)CC1. The molecule has 1 N–H and O–H groups in total. The lowest BCUT2D eigenvalue weighted by atomic mass is 9.96. The fourth-order valence-electron chi connectivity index (χ4n) is 3.01. The van der Waals surface area contributed by atoms with E-state index in [1.165, 1.54) is 6.07 Å². The van der Waals surface area contributed by atoms with Crippen LogP contribution in [-0.4, -0.2) is 39.6 Å². The topological polar surface area (TPSA) is 49.0 Å². The Morgan fingerprint density at radius 1 is 1.29 bits per heavy atom. The maximum absolute atomic E-state index is 13.4. The van der Waals surface area contributed by atoms with Crippen molar-refractivity contribution in [2.24, 2.45) is 0 Å². The molecule has 2 heterocycles. The number of carbonyl (C=O) groups excluding carboxylic acids is 1. The van der Waals surface area contributed by atoms with Crippen molar-refractivity contribution in [3.8, 4) is 11.3 Å². The highest BCUT2D eigenvalue weighted by Crippen LogP contribution is 2.28. The van der Waals surface area contributed by atoms with E-state index in [4.69, 9.17) is 0 Å². The number of benzene rings is 1. The third kappa shape index (κ3) is 3.61. The maximum atomic E-state index is 13.4. The minimum atomic E-state index is -0.875. The Labute approximate surface area is 144 Å². The second-order valence-corrected chi connectivity index (χ2v) is 6.39. The molecule has 3 rings (SSSR count). The van der Waals surface area contributed by atoms with E-state index in [-0.39, 0.29) is 11.8 Å². The van der Waals surface area contributed by atoms with Crippen LogP contribution in [0.2, 0.25) is 0 Å². The molecule has 1 aliphatic heterocycles. The smallest absolute Gasteiger partial charge is 0.223 e. The largest absolute Gasteiger partial charge is 0.343 e. The molecule has 1 fully saturated rings. The lowest BCUT2D eigenvalue weighted by Gasteiger charge is -2.31. The average Bonchev–Trinajstić information content (AvgIpc) is 3.08. The number of piperidine rings is 1. The molecule has 0 spiro atoms. The number of likely N-dealkylation sites (tertiary alicyclic amines) is 1. The van der Waals surface area contributed by atoms with Crippen molar-refractivity contribution in [2.45, 2.75) is 25.2 Å². The van der Waals surface area contributed by atoms with Gasteiger partial charge in [-0.1, -0.05) is 0 Å². The number of hydrogen-bond acceptors (Lipinski definition) is 3. The van der Waals surface area contributed by atoms with Gasteiger partial charge < -0.3 is 9.88 Å². The van der Waals surface area contributed by atoms with E-state index in [2.05, 4.69) is 22.6 Å². The molecule has 1 aromatic carbocycles. The summed E-state index contributed by atoms with van der Waals surface area (Å²) in [4.78, 5) is 21.3. The third-order valence-corrected chi connectivity index (χ3v) is 4.61. The molecule has 0 bridgehead atoms. The molecule has 1 amide bonds. The molecule has 0 saturated carbocycles. The van der Waals surface area contributed by atoms with Gasteiger partial charge in [-0.15, -0.1) is 0 Å². The van der Waals surface area contributed by atoms with Crippen LogP contribution in [0.4, 0.5) is 8.78 Å². The Bertz CT molecular complexity index is 726. The number of H-pyrrole nitrogens is 1. The highest BCUT2D eigenvalue weighted by Gasteiger charge is 2.25. The number of nitrogens with one attached hydrogen (secondary N) is 1. The van der Waals surface area contributed by atoms with Gasteiger partial charge in [-0.3, -0.25) is 4.79 Å². The summed E-state index contributed by atoms with van der Waals surface area (Å²) >= 11 is 4.09. The number of aromatic nitrogens is 2. The number of imidazole rings is 1. The van der Waals surface area contributed by atoms with Crippen LogP contribution in [0.3, 0.4) is 0 Å². The van der Waals surface area contributed by atoms with Crippen LogP contribution in [-0.2, 0) is 4.79 Å². The molecule has 0 unspecified atom stereocenters. The van der Waals surface area contributed by atoms with E-state index >= 15 is 0 Å². The molecule has 0 aliphatic carbocycles. The van der Waals surface area contributed by atoms with Crippen LogP contribution < -0.4 is 0 Å². The van der Waals surface area contributed by atoms with Gasteiger partial charge in [0.1, 0.15) is 5.82 Å². The number of hydrogen-bond donors (Lipinski definition) is 2. The van der Waals surface area contributed by atoms with Crippen LogP contribution in [0.15, 0.2) is 24.4 Å². The molecule has 24 heavy (non-hydrogen) atoms. The first-order valence-corrected chi connectivity index (χ1v) is 8.60. The normalized spacial score (nSPS) is 15.7. The van der Waals surface area contributed by atoms with Gasteiger partial charge in [0.25, 0.3) is 0 Å². The summed E-state index contributed by atoms with van der Waals surface area (Å²) in [5, 5.41) is 0. The standard InChI is InChI=1S/C17H19F2N3OS/c18-13-2-1-12(9-14(13)19)15-10-20-17(21-15)11-3-6-22(7-4-11)16(23)5-8-24/h1-2,9-11,24H,3-8H2,(H,20,21). The minimum Gasteiger partial charge on any atom is -0.343 e. The highest BCUT2D eigenvalue weighted by molar-refractivity contribution is 7.80. The van der Waals surface area contributed by atoms with Gasteiger partial charge in [-0.05, 0) is 36.8 Å². The summed E-state index contributed by atoms with van der Waals surface area (Å²) in [5.74, 6) is 0.0380. The molecule has 1 saturated heterocycles. The van der Waals surface area contributed by atoms with E-state index in [9.17, 15) is 13.6 Å². The van der Waals surface area contributed by atoms with Crippen LogP contribution in [0.1, 0.15) is 31.0 Å². The number of carbonyl (C=O) groups is 1. The van der Waals surface area contributed by atoms with E-state index in [0.717, 1.165) is 30.8 Å². The molecule has 2 aromatic rings. The second kappa shape index (κ2) is 7.34. The molecular weight excluding hydrogens is 332 g/mol. The van der Waals surface area contributed by atoms with Gasteiger partial charge in [0.15, 0.2) is 11.6 Å². The lowest BCUT2D eigenvalue weighted by molar-refractivity contribution is -0.131. The lowest BCUT2D eigenvalue weighted by Crippen LogP contribution is -2.38. The summed E-state index contributed by atoms with van der Waals surface area (Å²) in [7, 11) is 0. The number of rotatable bonds is 4. The van der Waals surface area contributed by atoms with Crippen LogP contribution >= 0.6 is 12.6 Å². The average molecular weight is 351 g/mol. The Hall–Kier alpha value is -1.89. The Morgan fingerprint density at radius 2 is 2.04 bits per heavy atom. The van der Waals surface area contributed by atoms with Gasteiger partial charge in [0, 0.05) is 31.0 Å². The predicted molar refractivity (Wildman–Crippen MR) is 91.0 cm³/mol. The van der Waals surface area contributed by atoms with Crippen molar-refractivity contribution in [1.29, 1.82) is 0 Å². The van der Waals surface area contributed by atoms with Gasteiger partial charge in [-0.2, -0.15) is 12.6 Å². The Morgan fingerprint density at radius 3 is 2.71 bits per heavy atom. The van der Waals surface area contributed by atoms with Crippen molar-refractivity contribution < 1.29 is 13.6 Å². The molecule has 7 heteroatoms. The van der Waals surface area contributed by atoms with E-state index < -0.39 is 11.6 Å². The number of nitrogens with zero attached hydrogens (tertiary/aromatic N) is 2. The molecule has 1 aliphatic rings. The van der Waals surface area contributed by atoms with Gasteiger partial charge in [0.05, 0.1) is 11.9 Å². The van der Waals surface area contributed by atoms with Gasteiger partial charge in [0.2, 0.25) is 5.91 Å². The molecule has 0 atom stereocenters. The summed E-state index contributed by atoms with van der Waals surface area (Å²) in [6.07, 6.45) is 3.78. The summed E-state index contributed by atoms with van der Waals surface area (Å²) in [6.45, 7) is 1.41. The van der Waals surface area contributed by atoms with Crippen LogP contribution in [0.25, 0.3) is 11.3 Å². The fourth-order valence-corrected chi connectivity index (χ4v) is 3.20. The molecular formula is C17H19F2N3OS. The zero-order chi connectivity index (χ0) is 17.1. The van der Waals surface area contributed by atoms with Crippen molar-refractivity contribution >= 4 is 18.5 Å². The van der Waals surface area contributed by atoms with Crippen LogP contribution in [0, 0.1) is 11.6 Å². The summed E-state index contributed by atoms with van der Waals surface area (Å²) < 4.78 is 26.4. The monoisotopic (exact) mass is 351 g/mol. The third-order valence-electron chi connectivity index (χ3n) is 4.39. The zero-order valence-electron chi connectivity index (χ0n) is 13.1. The van der Waals surface area contributed by atoms with Crippen molar-refractivity contribution in [1.82, 2.24) is 14.9 Å². The van der Waals surface area contributed by atoms with Gasteiger partial charge in [-0.25, -0.2) is 13.8 Å². The van der Waals surface area contributed by atoms with Crippen molar-refractivity contribution in [3.63, 3.8) is 0 Å². The van der Waals surface area contributed by atoms with E-state index in [1.54, 1.807) is 6.20 Å². The first kappa shape index (κ1) is 17.0. The molecule has 4 nitrogen and oxygen atoms in total. The molecule has 128 valence electrons. The summed E-state index contributed by atoms with van der Waals surface area (Å²) in [5.41, 5.74) is 1.23. The zero-order valence-corrected chi connectivity index (χ0v) is 14.0. The highest BCUT2D eigenvalue weighted by atomic mass is 32.1. The second-order valence-electron chi connectivity index (χ2n) is 5.94. The fraction of sp³-hybridized carbons (Fsp3) is 0.412. The Balaban J connectivity index is 1.66. The number of aromatic amines is 1. The van der Waals surface area contributed by atoms with Gasteiger partial charge >= 0.3 is 0 Å². The minimum absolute atomic E-state index is 0.144. The quantitative estimate of drug-likeness (QED) is 0.830. The Kier molecular flexibility index (Phi) is 5.18. The number of halogens is 2. The van der Waals surface area contributed by atoms with E-state index in [0.29, 0.717) is 36.5 Å². The number of thiol groups is 1. The first-order valence-electron chi connectivity index (χ1n) is 7.97. The van der Waals surface area contributed by atoms with Crippen LogP contribution in [0.5, 0.6) is 0 Å². The van der Waals surface area contributed by atoms with Crippen molar-refractivity contribution in [2.75, 3.05) is 18.8 Å². The number of amides is 1. The maximum Gasteiger partial charge on any atom is 0.223 e. The molecule has 1 aromatic heterocycles. The first-order chi connectivity index (χ1) is 11.6. The van der Waals surface area contributed by atoms with Crippen molar-refractivity contribution in [3.05, 3.63) is 41.9 Å². The molecule has 0 radical (unpaired) electrons. The van der Waals surface area contributed by atoms with E-state index in [1.807, 2.05) is 4.90 Å².